The first-order valence-corrected chi connectivity index (χ1v) is 12.1. The molecule has 0 fully saturated rings. The molecule has 3 N–H and O–H groups in total. The number of methoxy groups -OCH3 is 1. The molecule has 0 saturated heterocycles. The Bertz CT molecular complexity index is 1270. The van der Waals surface area contributed by atoms with Gasteiger partial charge in [0, 0.05) is 0 Å². The summed E-state index contributed by atoms with van der Waals surface area (Å²) < 4.78 is 32.2. The number of thioether (sulfide) groups is 1. The molecule has 0 spiro atoms. The molecular weight excluding hydrogens is 452 g/mol. The van der Waals surface area contributed by atoms with Gasteiger partial charge in [-0.1, -0.05) is 29.8 Å². The van der Waals surface area contributed by atoms with Crippen molar-refractivity contribution in [3.8, 4) is 0 Å². The quantitative estimate of drug-likeness (QED) is 0.394. The third kappa shape index (κ3) is 4.63. The summed E-state index contributed by atoms with van der Waals surface area (Å²) in [5.41, 5.74) is 7.49. The summed E-state index contributed by atoms with van der Waals surface area (Å²) in [7, 11) is -2.71. The number of carbonyl (C=O) groups is 2. The number of nitrogens with one attached hydrogen (secondary N) is 1. The van der Waals surface area contributed by atoms with Crippen LogP contribution in [0.2, 0.25) is 0 Å². The van der Waals surface area contributed by atoms with Gasteiger partial charge in [0.25, 0.3) is 0 Å². The van der Waals surface area contributed by atoms with Gasteiger partial charge in [0.1, 0.15) is 22.3 Å². The highest BCUT2D eigenvalue weighted by atomic mass is 32.2. The van der Waals surface area contributed by atoms with Crippen molar-refractivity contribution < 1.29 is 22.7 Å². The fraction of sp³-hybridized carbons (Fsp3) is 0.190. The zero-order chi connectivity index (χ0) is 23.5. The Labute approximate surface area is 189 Å². The van der Waals surface area contributed by atoms with Crippen LogP contribution >= 0.6 is 11.8 Å². The fourth-order valence-corrected chi connectivity index (χ4v) is 5.41. The average Bonchev–Trinajstić information content (AvgIpc) is 3.09. The number of amides is 1. The Balaban J connectivity index is 1.91. The van der Waals surface area contributed by atoms with Crippen LogP contribution in [0.25, 0.3) is 0 Å². The molecule has 0 bridgehead atoms. The maximum atomic E-state index is 13.2. The fourth-order valence-electron chi connectivity index (χ4n) is 2.98. The summed E-state index contributed by atoms with van der Waals surface area (Å²) in [4.78, 5) is 24.5. The molecule has 0 aliphatic rings. The lowest BCUT2D eigenvalue weighted by Crippen LogP contribution is -2.22. The number of aryl methyl sites for hydroxylation is 1. The average molecular weight is 475 g/mol. The number of nitrogen functional groups attached to an aromatic ring is 1. The highest BCUT2D eigenvalue weighted by Gasteiger charge is 2.29. The normalized spacial score (nSPS) is 11.2. The van der Waals surface area contributed by atoms with Crippen molar-refractivity contribution in [3.05, 3.63) is 59.7 Å². The maximum Gasteiger partial charge on any atom is 0.339 e. The molecule has 0 unspecified atom stereocenters. The SMILES string of the molecule is COC(=O)c1ccccc1NC(=O)Cn1nc(SC)c(S(=O)(=O)c2ccc(C)cc2)c1N. The molecule has 2 aromatic carbocycles. The lowest BCUT2D eigenvalue weighted by atomic mass is 10.2. The predicted octanol–water partition coefficient (Wildman–Crippen LogP) is 2.75. The van der Waals surface area contributed by atoms with Crippen LogP contribution in [-0.2, 0) is 25.9 Å². The number of hydrogen-bond donors (Lipinski definition) is 2. The Morgan fingerprint density at radius 1 is 1.16 bits per heavy atom. The van der Waals surface area contributed by atoms with E-state index in [1.165, 1.54) is 25.3 Å². The van der Waals surface area contributed by atoms with Crippen LogP contribution in [0.15, 0.2) is 63.3 Å². The van der Waals surface area contributed by atoms with Crippen molar-refractivity contribution in [3.63, 3.8) is 0 Å². The number of hydrogen-bond acceptors (Lipinski definition) is 8. The van der Waals surface area contributed by atoms with Crippen LogP contribution in [0.5, 0.6) is 0 Å². The van der Waals surface area contributed by atoms with Crippen molar-refractivity contribution in [2.24, 2.45) is 0 Å². The zero-order valence-electron chi connectivity index (χ0n) is 17.7. The smallest absolute Gasteiger partial charge is 0.339 e. The van der Waals surface area contributed by atoms with E-state index in [-0.39, 0.29) is 38.4 Å². The first-order valence-electron chi connectivity index (χ1n) is 9.38. The number of rotatable bonds is 7. The summed E-state index contributed by atoms with van der Waals surface area (Å²) in [6, 6.07) is 12.8. The van der Waals surface area contributed by atoms with Gasteiger partial charge in [-0.3, -0.25) is 4.79 Å². The molecule has 0 aliphatic carbocycles. The van der Waals surface area contributed by atoms with Gasteiger partial charge < -0.3 is 15.8 Å². The lowest BCUT2D eigenvalue weighted by Gasteiger charge is -2.10. The Morgan fingerprint density at radius 3 is 2.44 bits per heavy atom. The minimum Gasteiger partial charge on any atom is -0.465 e. The largest absolute Gasteiger partial charge is 0.465 e. The van der Waals surface area contributed by atoms with Crippen molar-refractivity contribution in [2.45, 2.75) is 28.3 Å². The third-order valence-electron chi connectivity index (χ3n) is 4.61. The second kappa shape index (κ2) is 9.45. The van der Waals surface area contributed by atoms with Gasteiger partial charge in [0.15, 0.2) is 0 Å². The van der Waals surface area contributed by atoms with Crippen LogP contribution in [0.1, 0.15) is 15.9 Å². The van der Waals surface area contributed by atoms with E-state index in [1.807, 2.05) is 6.92 Å². The van der Waals surface area contributed by atoms with E-state index in [1.54, 1.807) is 36.6 Å². The Kier molecular flexibility index (Phi) is 6.90. The molecule has 3 aromatic rings. The van der Waals surface area contributed by atoms with Crippen LogP contribution in [0.4, 0.5) is 11.5 Å². The number of esters is 1. The first kappa shape index (κ1) is 23.4. The standard InChI is InChI=1S/C21H22N4O5S2/c1-13-8-10-14(11-9-13)32(28,29)18-19(22)25(24-20(18)31-3)12-17(26)23-16-7-5-4-6-15(16)21(27)30-2/h4-11H,12,22H2,1-3H3,(H,23,26). The van der Waals surface area contributed by atoms with Crippen molar-refractivity contribution >= 4 is 45.0 Å². The van der Waals surface area contributed by atoms with Gasteiger partial charge in [-0.15, -0.1) is 11.8 Å². The first-order chi connectivity index (χ1) is 15.2. The molecule has 0 aliphatic heterocycles. The second-order valence-electron chi connectivity index (χ2n) is 6.78. The molecule has 1 aromatic heterocycles. The van der Waals surface area contributed by atoms with Gasteiger partial charge in [0.2, 0.25) is 15.7 Å². The van der Waals surface area contributed by atoms with E-state index in [9.17, 15) is 18.0 Å². The molecule has 0 radical (unpaired) electrons. The number of sulfone groups is 1. The topological polar surface area (TPSA) is 133 Å². The molecule has 32 heavy (non-hydrogen) atoms. The van der Waals surface area contributed by atoms with Crippen molar-refractivity contribution in [1.82, 2.24) is 9.78 Å². The van der Waals surface area contributed by atoms with Gasteiger partial charge >= 0.3 is 5.97 Å². The highest BCUT2D eigenvalue weighted by Crippen LogP contribution is 2.34. The molecule has 0 atom stereocenters. The van der Waals surface area contributed by atoms with Crippen molar-refractivity contribution in [1.29, 1.82) is 0 Å². The number of carbonyl (C=O) groups excluding carboxylic acids is 2. The molecule has 9 nitrogen and oxygen atoms in total. The van der Waals surface area contributed by atoms with Crippen LogP contribution in [-0.4, -0.2) is 43.4 Å². The third-order valence-corrected chi connectivity index (χ3v) is 7.24. The predicted molar refractivity (Wildman–Crippen MR) is 121 cm³/mol. The Morgan fingerprint density at radius 2 is 1.81 bits per heavy atom. The summed E-state index contributed by atoms with van der Waals surface area (Å²) in [6.07, 6.45) is 1.67. The van der Waals surface area contributed by atoms with E-state index in [4.69, 9.17) is 10.5 Å². The second-order valence-corrected chi connectivity index (χ2v) is 9.46. The van der Waals surface area contributed by atoms with Gasteiger partial charge in [0.05, 0.1) is 23.3 Å². The zero-order valence-corrected chi connectivity index (χ0v) is 19.3. The van der Waals surface area contributed by atoms with Crippen LogP contribution < -0.4 is 11.1 Å². The molecule has 0 saturated carbocycles. The number of anilines is 2. The Hall–Kier alpha value is -3.31. The summed E-state index contributed by atoms with van der Waals surface area (Å²) in [5, 5.41) is 7.01. The number of nitrogens with zero attached hydrogens (tertiary/aromatic N) is 2. The number of ether oxygens (including phenoxy) is 1. The van der Waals surface area contributed by atoms with Gasteiger partial charge in [-0.25, -0.2) is 17.9 Å². The number of nitrogens with two attached hydrogens (primary N) is 1. The van der Waals surface area contributed by atoms with Crippen LogP contribution in [0.3, 0.4) is 0 Å². The lowest BCUT2D eigenvalue weighted by molar-refractivity contribution is -0.116. The summed E-state index contributed by atoms with van der Waals surface area (Å²) in [5.74, 6) is -1.29. The number of para-hydroxylation sites is 1. The van der Waals surface area contributed by atoms with E-state index < -0.39 is 21.7 Å². The summed E-state index contributed by atoms with van der Waals surface area (Å²) >= 11 is 1.11. The minimum absolute atomic E-state index is 0.0844. The monoisotopic (exact) mass is 474 g/mol. The number of aromatic nitrogens is 2. The minimum atomic E-state index is -3.95. The maximum absolute atomic E-state index is 13.2. The molecule has 1 heterocycles. The van der Waals surface area contributed by atoms with Gasteiger partial charge in [-0.2, -0.15) is 5.10 Å². The molecular formula is C21H22N4O5S2. The molecule has 11 heteroatoms. The van der Waals surface area contributed by atoms with E-state index in [2.05, 4.69) is 10.4 Å². The molecule has 1 amide bonds. The molecule has 3 rings (SSSR count). The number of benzene rings is 2. The highest BCUT2D eigenvalue weighted by molar-refractivity contribution is 7.99. The van der Waals surface area contributed by atoms with Crippen LogP contribution in [0, 0.1) is 6.92 Å². The summed E-state index contributed by atoms with van der Waals surface area (Å²) in [6.45, 7) is 1.51. The van der Waals surface area contributed by atoms with E-state index in [0.29, 0.717) is 0 Å². The van der Waals surface area contributed by atoms with Crippen molar-refractivity contribution in [2.75, 3.05) is 24.4 Å². The van der Waals surface area contributed by atoms with E-state index >= 15 is 0 Å². The molecule has 168 valence electrons. The van der Waals surface area contributed by atoms with E-state index in [0.717, 1.165) is 22.0 Å². The van der Waals surface area contributed by atoms with Gasteiger partial charge in [-0.05, 0) is 37.4 Å².